The summed E-state index contributed by atoms with van der Waals surface area (Å²) in [6, 6.07) is 9.55. The number of halogens is 6. The minimum atomic E-state index is -5.07. The number of hydrogen-bond donors (Lipinski definition) is 0. The Morgan fingerprint density at radius 2 is 1.56 bits per heavy atom. The van der Waals surface area contributed by atoms with Crippen molar-refractivity contribution < 1.29 is 35.9 Å². The summed E-state index contributed by atoms with van der Waals surface area (Å²) in [4.78, 5) is 33.5. The number of hydrogen-bond acceptors (Lipinski definition) is 3. The first-order chi connectivity index (χ1) is 19.2. The van der Waals surface area contributed by atoms with E-state index in [4.69, 9.17) is 0 Å². The monoisotopic (exact) mass is 577 g/mol. The van der Waals surface area contributed by atoms with Crippen molar-refractivity contribution in [3.63, 3.8) is 0 Å². The summed E-state index contributed by atoms with van der Waals surface area (Å²) in [5.74, 6) is -1.11. The zero-order chi connectivity index (χ0) is 29.9. The first-order valence-corrected chi connectivity index (χ1v) is 13.1. The normalized spacial score (nSPS) is 16.1. The molecule has 2 aromatic carbocycles. The first kappa shape index (κ1) is 30.1. The van der Waals surface area contributed by atoms with Gasteiger partial charge in [-0.1, -0.05) is 24.3 Å². The number of carbonyl (C=O) groups is 2. The quantitative estimate of drug-likeness (QED) is 0.325. The van der Waals surface area contributed by atoms with E-state index in [0.29, 0.717) is 18.6 Å². The molecule has 1 aliphatic heterocycles. The average molecular weight is 578 g/mol. The molecule has 1 saturated heterocycles. The van der Waals surface area contributed by atoms with Crippen LogP contribution in [0.1, 0.15) is 50.2 Å². The van der Waals surface area contributed by atoms with Crippen molar-refractivity contribution in [3.05, 3.63) is 99.9 Å². The number of carbonyl (C=O) groups excluding carboxylic acids is 2. The smallest absolute Gasteiger partial charge is 0.339 e. The summed E-state index contributed by atoms with van der Waals surface area (Å²) in [6.45, 7) is 4.01. The van der Waals surface area contributed by atoms with Gasteiger partial charge in [0.15, 0.2) is 0 Å². The topological polar surface area (TPSA) is 53.5 Å². The number of alkyl halides is 6. The number of aromatic nitrogens is 1. The molecule has 4 rings (SSSR count). The molecule has 218 valence electrons. The van der Waals surface area contributed by atoms with Gasteiger partial charge < -0.3 is 9.80 Å². The molecule has 2 heterocycles. The van der Waals surface area contributed by atoms with Crippen LogP contribution in [0, 0.1) is 13.8 Å². The summed E-state index contributed by atoms with van der Waals surface area (Å²) in [5.41, 5.74) is -0.0498. The lowest BCUT2D eigenvalue weighted by atomic mass is 9.97. The Morgan fingerprint density at radius 1 is 0.878 bits per heavy atom. The van der Waals surface area contributed by atoms with Gasteiger partial charge in [0.1, 0.15) is 0 Å². The van der Waals surface area contributed by atoms with Crippen molar-refractivity contribution in [1.29, 1.82) is 0 Å². The molecular formula is C30H29F6N3O2. The molecule has 2 amide bonds. The van der Waals surface area contributed by atoms with Gasteiger partial charge in [-0.25, -0.2) is 0 Å². The Kier molecular flexibility index (Phi) is 8.74. The van der Waals surface area contributed by atoms with Gasteiger partial charge >= 0.3 is 12.4 Å². The predicted octanol–water partition coefficient (Wildman–Crippen LogP) is 6.26. The SMILES string of the molecule is Cc1ccc(C[C@@H]2CN(C(=O)CCc3cccnc3)CCN2C(=O)c2cc(C(F)(F)F)cc(C(F)(F)F)c2)cc1C. The van der Waals surface area contributed by atoms with Gasteiger partial charge in [0.2, 0.25) is 5.91 Å². The van der Waals surface area contributed by atoms with Crippen molar-refractivity contribution in [3.8, 4) is 0 Å². The van der Waals surface area contributed by atoms with Gasteiger partial charge in [0, 0.05) is 44.0 Å². The van der Waals surface area contributed by atoms with Crippen LogP contribution in [0.2, 0.25) is 0 Å². The molecule has 1 fully saturated rings. The van der Waals surface area contributed by atoms with E-state index in [1.807, 2.05) is 38.1 Å². The average Bonchev–Trinajstić information content (AvgIpc) is 2.92. The summed E-state index contributed by atoms with van der Waals surface area (Å²) in [6.07, 6.45) is -5.94. The highest BCUT2D eigenvalue weighted by Gasteiger charge is 2.39. The molecule has 0 unspecified atom stereocenters. The molecule has 0 saturated carbocycles. The van der Waals surface area contributed by atoms with Gasteiger partial charge in [-0.05, 0) is 73.2 Å². The van der Waals surface area contributed by atoms with Gasteiger partial charge in [-0.2, -0.15) is 26.3 Å². The van der Waals surface area contributed by atoms with Gasteiger partial charge in [-0.3, -0.25) is 14.6 Å². The van der Waals surface area contributed by atoms with Crippen LogP contribution in [0.3, 0.4) is 0 Å². The van der Waals surface area contributed by atoms with Gasteiger partial charge in [0.25, 0.3) is 5.91 Å². The van der Waals surface area contributed by atoms with E-state index in [2.05, 4.69) is 4.98 Å². The number of pyridine rings is 1. The Morgan fingerprint density at radius 3 is 2.15 bits per heavy atom. The van der Waals surface area contributed by atoms with E-state index in [0.717, 1.165) is 22.3 Å². The molecule has 0 spiro atoms. The molecule has 3 aromatic rings. The molecule has 0 bridgehead atoms. The third kappa shape index (κ3) is 7.45. The molecule has 5 nitrogen and oxygen atoms in total. The van der Waals surface area contributed by atoms with Crippen molar-refractivity contribution in [2.24, 2.45) is 0 Å². The van der Waals surface area contributed by atoms with E-state index in [1.54, 1.807) is 23.4 Å². The second-order valence-corrected chi connectivity index (χ2v) is 10.3. The predicted molar refractivity (Wildman–Crippen MR) is 140 cm³/mol. The molecule has 11 heteroatoms. The molecule has 1 aromatic heterocycles. The fourth-order valence-electron chi connectivity index (χ4n) is 4.93. The highest BCUT2D eigenvalue weighted by molar-refractivity contribution is 5.95. The Hall–Kier alpha value is -3.89. The third-order valence-corrected chi connectivity index (χ3v) is 7.32. The first-order valence-electron chi connectivity index (χ1n) is 13.1. The summed E-state index contributed by atoms with van der Waals surface area (Å²) < 4.78 is 80.8. The zero-order valence-corrected chi connectivity index (χ0v) is 22.5. The van der Waals surface area contributed by atoms with Crippen molar-refractivity contribution in [2.45, 2.75) is 51.5 Å². The van der Waals surface area contributed by atoms with Crippen molar-refractivity contribution >= 4 is 11.8 Å². The number of rotatable bonds is 6. The maximum absolute atomic E-state index is 13.5. The largest absolute Gasteiger partial charge is 0.416 e. The third-order valence-electron chi connectivity index (χ3n) is 7.32. The maximum atomic E-state index is 13.5. The molecule has 0 N–H and O–H groups in total. The number of amides is 2. The Bertz CT molecular complexity index is 1370. The van der Waals surface area contributed by atoms with Crippen LogP contribution in [0.5, 0.6) is 0 Å². The molecule has 1 aliphatic rings. The lowest BCUT2D eigenvalue weighted by molar-refractivity contribution is -0.143. The summed E-state index contributed by atoms with van der Waals surface area (Å²) in [5, 5.41) is 0. The van der Waals surface area contributed by atoms with Crippen molar-refractivity contribution in [2.75, 3.05) is 19.6 Å². The van der Waals surface area contributed by atoms with E-state index < -0.39 is 41.0 Å². The van der Waals surface area contributed by atoms with Crippen LogP contribution in [0.25, 0.3) is 0 Å². The van der Waals surface area contributed by atoms with Gasteiger partial charge in [0.05, 0.1) is 17.2 Å². The Labute approximate surface area is 233 Å². The molecular weight excluding hydrogens is 548 g/mol. The van der Waals surface area contributed by atoms with Crippen LogP contribution >= 0.6 is 0 Å². The fraction of sp³-hybridized carbons (Fsp3) is 0.367. The molecule has 0 radical (unpaired) electrons. The van der Waals surface area contributed by atoms with Crippen molar-refractivity contribution in [1.82, 2.24) is 14.8 Å². The van der Waals surface area contributed by atoms with Crippen LogP contribution in [-0.4, -0.2) is 52.3 Å². The number of nitrogens with zero attached hydrogens (tertiary/aromatic N) is 3. The number of benzene rings is 2. The zero-order valence-electron chi connectivity index (χ0n) is 22.5. The van der Waals surface area contributed by atoms with E-state index in [9.17, 15) is 35.9 Å². The van der Waals surface area contributed by atoms with Gasteiger partial charge in [-0.15, -0.1) is 0 Å². The van der Waals surface area contributed by atoms with E-state index in [-0.39, 0.29) is 44.4 Å². The summed E-state index contributed by atoms with van der Waals surface area (Å²) >= 11 is 0. The second-order valence-electron chi connectivity index (χ2n) is 10.3. The number of piperazine rings is 1. The number of aryl methyl sites for hydroxylation is 3. The fourth-order valence-corrected chi connectivity index (χ4v) is 4.93. The molecule has 1 atom stereocenters. The lowest BCUT2D eigenvalue weighted by Gasteiger charge is -2.42. The van der Waals surface area contributed by atoms with Crippen LogP contribution in [-0.2, 0) is 30.0 Å². The standard InChI is InChI=1S/C30H29F6N3O2/c1-19-5-6-22(12-20(19)2)13-26-18-38(27(40)8-7-21-4-3-9-37-17-21)10-11-39(26)28(41)23-14-24(29(31,32)33)16-25(15-23)30(34,35)36/h3-6,9,12,14-17,26H,7-8,10-11,13,18H2,1-2H3/t26-/m1/s1. The second kappa shape index (κ2) is 11.9. The lowest BCUT2D eigenvalue weighted by Crippen LogP contribution is -2.57. The van der Waals surface area contributed by atoms with Crippen LogP contribution in [0.4, 0.5) is 26.3 Å². The summed E-state index contributed by atoms with van der Waals surface area (Å²) in [7, 11) is 0. The van der Waals surface area contributed by atoms with E-state index in [1.165, 1.54) is 4.90 Å². The maximum Gasteiger partial charge on any atom is 0.416 e. The highest BCUT2D eigenvalue weighted by Crippen LogP contribution is 2.37. The molecule has 41 heavy (non-hydrogen) atoms. The Balaban J connectivity index is 1.62. The minimum Gasteiger partial charge on any atom is -0.339 e. The molecule has 0 aliphatic carbocycles. The van der Waals surface area contributed by atoms with E-state index >= 15 is 0 Å². The minimum absolute atomic E-state index is 0.00219. The van der Waals surface area contributed by atoms with Crippen LogP contribution < -0.4 is 0 Å². The highest BCUT2D eigenvalue weighted by atomic mass is 19.4. The van der Waals surface area contributed by atoms with Crippen LogP contribution in [0.15, 0.2) is 60.9 Å².